The summed E-state index contributed by atoms with van der Waals surface area (Å²) in [5.41, 5.74) is 1.99. The molecular weight excluding hydrogens is 476 g/mol. The van der Waals surface area contributed by atoms with Crippen LogP contribution < -0.4 is 0 Å². The minimum atomic E-state index is -3.72. The second kappa shape index (κ2) is 9.73. The standard InChI is InChI=1S/C26H22N6O3S/c27-19-20-11-13-23(14-12-20)36(34,35)31-17-15-30(16-18-31)26(33)24-28-25(21-7-3-1-4-8-21)32(29-24)22-9-5-2-6-10-22/h1-14H,15-18H2. The molecule has 9 nitrogen and oxygen atoms in total. The van der Waals surface area contributed by atoms with Crippen LogP contribution in [-0.4, -0.2) is 64.5 Å². The van der Waals surface area contributed by atoms with Crippen LogP contribution in [0.1, 0.15) is 16.2 Å². The van der Waals surface area contributed by atoms with Crippen molar-refractivity contribution in [3.8, 4) is 23.1 Å². The Labute approximate surface area is 208 Å². The van der Waals surface area contributed by atoms with Gasteiger partial charge in [0.2, 0.25) is 15.8 Å². The Balaban J connectivity index is 1.36. The number of hydrogen-bond acceptors (Lipinski definition) is 6. The van der Waals surface area contributed by atoms with E-state index in [1.807, 2.05) is 66.7 Å². The minimum absolute atomic E-state index is 0.0566. The molecule has 5 rings (SSSR count). The molecule has 2 heterocycles. The lowest BCUT2D eigenvalue weighted by Crippen LogP contribution is -2.50. The van der Waals surface area contributed by atoms with Gasteiger partial charge in [-0.25, -0.2) is 18.1 Å². The Morgan fingerprint density at radius 3 is 2.06 bits per heavy atom. The van der Waals surface area contributed by atoms with Gasteiger partial charge in [-0.1, -0.05) is 48.5 Å². The molecular formula is C26H22N6O3S. The van der Waals surface area contributed by atoms with Crippen molar-refractivity contribution in [2.75, 3.05) is 26.2 Å². The summed E-state index contributed by atoms with van der Waals surface area (Å²) in [6.07, 6.45) is 0. The topological polar surface area (TPSA) is 112 Å². The normalized spacial score (nSPS) is 14.4. The maximum atomic E-state index is 13.3. The number of amides is 1. The molecule has 0 atom stereocenters. The minimum Gasteiger partial charge on any atom is -0.333 e. The second-order valence-electron chi connectivity index (χ2n) is 8.20. The average Bonchev–Trinajstić information content (AvgIpc) is 3.39. The smallest absolute Gasteiger partial charge is 0.293 e. The number of hydrogen-bond donors (Lipinski definition) is 0. The van der Waals surface area contributed by atoms with Gasteiger partial charge in [-0.05, 0) is 36.4 Å². The number of sulfonamides is 1. The lowest BCUT2D eigenvalue weighted by molar-refractivity contribution is 0.0685. The van der Waals surface area contributed by atoms with Crippen molar-refractivity contribution in [1.29, 1.82) is 5.26 Å². The molecule has 1 aliphatic rings. The summed E-state index contributed by atoms with van der Waals surface area (Å²) >= 11 is 0. The van der Waals surface area contributed by atoms with Crippen molar-refractivity contribution in [2.24, 2.45) is 0 Å². The number of aromatic nitrogens is 3. The highest BCUT2D eigenvalue weighted by atomic mass is 32.2. The summed E-state index contributed by atoms with van der Waals surface area (Å²) in [5, 5.41) is 13.5. The quantitative estimate of drug-likeness (QED) is 0.418. The van der Waals surface area contributed by atoms with Crippen molar-refractivity contribution in [3.05, 3.63) is 96.3 Å². The van der Waals surface area contributed by atoms with E-state index in [1.54, 1.807) is 9.58 Å². The van der Waals surface area contributed by atoms with Crippen LogP contribution in [0.3, 0.4) is 0 Å². The van der Waals surface area contributed by atoms with Crippen molar-refractivity contribution in [1.82, 2.24) is 24.0 Å². The van der Waals surface area contributed by atoms with Gasteiger partial charge in [0.1, 0.15) is 0 Å². The fraction of sp³-hybridized carbons (Fsp3) is 0.154. The Bertz CT molecular complexity index is 1460. The Hall–Kier alpha value is -4.33. The highest BCUT2D eigenvalue weighted by Gasteiger charge is 2.32. The summed E-state index contributed by atoms with van der Waals surface area (Å²) in [4.78, 5) is 19.6. The largest absolute Gasteiger partial charge is 0.333 e. The zero-order valence-corrected chi connectivity index (χ0v) is 20.0. The molecule has 0 saturated carbocycles. The first-order valence-electron chi connectivity index (χ1n) is 11.3. The van der Waals surface area contributed by atoms with Crippen LogP contribution in [0.25, 0.3) is 17.1 Å². The first-order chi connectivity index (χ1) is 17.5. The number of benzene rings is 3. The van der Waals surface area contributed by atoms with Crippen molar-refractivity contribution >= 4 is 15.9 Å². The molecule has 0 N–H and O–H groups in total. The molecule has 1 aliphatic heterocycles. The maximum Gasteiger partial charge on any atom is 0.293 e. The molecule has 0 unspecified atom stereocenters. The number of nitrogens with zero attached hydrogens (tertiary/aromatic N) is 6. The number of carbonyl (C=O) groups is 1. The zero-order chi connectivity index (χ0) is 25.1. The fourth-order valence-electron chi connectivity index (χ4n) is 4.05. The van der Waals surface area contributed by atoms with Gasteiger partial charge in [-0.3, -0.25) is 4.79 Å². The van der Waals surface area contributed by atoms with E-state index in [0.29, 0.717) is 11.4 Å². The molecule has 0 radical (unpaired) electrons. The third-order valence-corrected chi connectivity index (χ3v) is 7.89. The summed E-state index contributed by atoms with van der Waals surface area (Å²) < 4.78 is 29.0. The van der Waals surface area contributed by atoms with Crippen LogP contribution >= 0.6 is 0 Å². The Kier molecular flexibility index (Phi) is 6.33. The monoisotopic (exact) mass is 498 g/mol. The lowest BCUT2D eigenvalue weighted by Gasteiger charge is -2.33. The third-order valence-electron chi connectivity index (χ3n) is 5.98. The first kappa shape index (κ1) is 23.4. The third kappa shape index (κ3) is 4.49. The van der Waals surface area contributed by atoms with Crippen LogP contribution in [0.2, 0.25) is 0 Å². The number of para-hydroxylation sites is 1. The number of rotatable bonds is 5. The van der Waals surface area contributed by atoms with Crippen molar-refractivity contribution < 1.29 is 13.2 Å². The van der Waals surface area contributed by atoms with Crippen LogP contribution in [-0.2, 0) is 10.0 Å². The van der Waals surface area contributed by atoms with Crippen LogP contribution in [0.5, 0.6) is 0 Å². The van der Waals surface area contributed by atoms with Crippen LogP contribution in [0, 0.1) is 11.3 Å². The van der Waals surface area contributed by atoms with E-state index in [4.69, 9.17) is 5.26 Å². The zero-order valence-electron chi connectivity index (χ0n) is 19.2. The second-order valence-corrected chi connectivity index (χ2v) is 10.1. The van der Waals surface area contributed by atoms with Crippen molar-refractivity contribution in [2.45, 2.75) is 4.90 Å². The van der Waals surface area contributed by atoms with Gasteiger partial charge >= 0.3 is 0 Å². The van der Waals surface area contributed by atoms with Crippen LogP contribution in [0.15, 0.2) is 89.8 Å². The van der Waals surface area contributed by atoms with Gasteiger partial charge in [0.25, 0.3) is 5.91 Å². The van der Waals surface area contributed by atoms with E-state index >= 15 is 0 Å². The summed E-state index contributed by atoms with van der Waals surface area (Å²) in [6.45, 7) is 0.738. The molecule has 4 aromatic rings. The van der Waals surface area contributed by atoms with Gasteiger partial charge in [0, 0.05) is 31.7 Å². The number of piperazine rings is 1. The molecule has 1 fully saturated rings. The van der Waals surface area contributed by atoms with Crippen molar-refractivity contribution in [3.63, 3.8) is 0 Å². The van der Waals surface area contributed by atoms with Gasteiger partial charge in [-0.2, -0.15) is 9.57 Å². The Morgan fingerprint density at radius 1 is 0.833 bits per heavy atom. The SMILES string of the molecule is N#Cc1ccc(S(=O)(=O)N2CCN(C(=O)c3nc(-c4ccccc4)n(-c4ccccc4)n3)CC2)cc1. The van der Waals surface area contributed by atoms with E-state index in [0.717, 1.165) is 11.3 Å². The van der Waals surface area contributed by atoms with Gasteiger partial charge in [-0.15, -0.1) is 5.10 Å². The van der Waals surface area contributed by atoms with E-state index in [1.165, 1.54) is 28.6 Å². The summed E-state index contributed by atoms with van der Waals surface area (Å²) in [6, 6.07) is 26.8. The first-order valence-corrected chi connectivity index (χ1v) is 12.8. The molecule has 1 amide bonds. The summed E-state index contributed by atoms with van der Waals surface area (Å²) in [7, 11) is -3.72. The predicted molar refractivity (Wildman–Crippen MR) is 133 cm³/mol. The molecule has 36 heavy (non-hydrogen) atoms. The number of carbonyl (C=O) groups excluding carboxylic acids is 1. The fourth-order valence-corrected chi connectivity index (χ4v) is 5.47. The van der Waals surface area contributed by atoms with E-state index in [2.05, 4.69) is 10.1 Å². The lowest BCUT2D eigenvalue weighted by atomic mass is 10.2. The number of nitriles is 1. The molecule has 0 aliphatic carbocycles. The van der Waals surface area contributed by atoms with E-state index in [9.17, 15) is 13.2 Å². The molecule has 10 heteroatoms. The average molecular weight is 499 g/mol. The van der Waals surface area contributed by atoms with Gasteiger partial charge in [0.15, 0.2) is 5.82 Å². The molecule has 1 aromatic heterocycles. The molecule has 3 aromatic carbocycles. The molecule has 180 valence electrons. The Morgan fingerprint density at radius 2 is 1.44 bits per heavy atom. The van der Waals surface area contributed by atoms with E-state index in [-0.39, 0.29) is 42.8 Å². The van der Waals surface area contributed by atoms with Gasteiger partial charge < -0.3 is 4.90 Å². The molecule has 0 spiro atoms. The predicted octanol–water partition coefficient (Wildman–Crippen LogP) is 2.95. The van der Waals surface area contributed by atoms with Crippen LogP contribution in [0.4, 0.5) is 0 Å². The maximum absolute atomic E-state index is 13.3. The highest BCUT2D eigenvalue weighted by molar-refractivity contribution is 7.89. The highest BCUT2D eigenvalue weighted by Crippen LogP contribution is 2.23. The summed E-state index contributed by atoms with van der Waals surface area (Å²) in [5.74, 6) is 0.255. The molecule has 1 saturated heterocycles. The van der Waals surface area contributed by atoms with Gasteiger partial charge in [0.05, 0.1) is 22.2 Å². The van der Waals surface area contributed by atoms with E-state index < -0.39 is 10.0 Å². The molecule has 0 bridgehead atoms.